The molecule has 0 atom stereocenters. The zero-order valence-electron chi connectivity index (χ0n) is 12.5. The van der Waals surface area contributed by atoms with Gasteiger partial charge in [0.05, 0.1) is 5.60 Å². The molecule has 0 aromatic carbocycles. The van der Waals surface area contributed by atoms with Crippen LogP contribution in [0.1, 0.15) is 65.7 Å². The van der Waals surface area contributed by atoms with Gasteiger partial charge >= 0.3 is 0 Å². The Morgan fingerprint density at radius 1 is 1.11 bits per heavy atom. The third-order valence-electron chi connectivity index (χ3n) is 5.12. The average Bonchev–Trinajstić information content (AvgIpc) is 3.12. The third kappa shape index (κ3) is 3.71. The Morgan fingerprint density at radius 3 is 2.17 bits per heavy atom. The summed E-state index contributed by atoms with van der Waals surface area (Å²) in [6, 6.07) is 0. The van der Waals surface area contributed by atoms with E-state index in [2.05, 4.69) is 20.8 Å². The molecule has 0 aromatic heterocycles. The average molecular weight is 253 g/mol. The normalized spacial score (nSPS) is 33.7. The summed E-state index contributed by atoms with van der Waals surface area (Å²) in [6.45, 7) is 8.72. The van der Waals surface area contributed by atoms with Gasteiger partial charge in [-0.1, -0.05) is 33.6 Å². The maximum atomic E-state index is 6.21. The number of nitrogens with two attached hydrogens (primary N) is 1. The van der Waals surface area contributed by atoms with E-state index in [0.717, 1.165) is 31.3 Å². The Balaban J connectivity index is 1.78. The molecule has 2 fully saturated rings. The summed E-state index contributed by atoms with van der Waals surface area (Å²) in [7, 11) is 0. The SMILES string of the molecule is CC(C)(C)C1CCC(CN)(OCCC2CC2)CC1. The minimum absolute atomic E-state index is 0.0106. The lowest BCUT2D eigenvalue weighted by Gasteiger charge is -2.43. The molecule has 0 unspecified atom stereocenters. The smallest absolute Gasteiger partial charge is 0.0804 e. The van der Waals surface area contributed by atoms with Crippen molar-refractivity contribution in [2.24, 2.45) is 23.0 Å². The molecule has 0 aliphatic heterocycles. The second-order valence-corrected chi connectivity index (χ2v) is 7.61. The molecule has 0 saturated heterocycles. The van der Waals surface area contributed by atoms with Gasteiger partial charge in [-0.15, -0.1) is 0 Å². The fourth-order valence-electron chi connectivity index (χ4n) is 3.27. The predicted molar refractivity (Wildman–Crippen MR) is 76.5 cm³/mol. The van der Waals surface area contributed by atoms with Gasteiger partial charge in [0, 0.05) is 13.2 Å². The molecule has 2 aliphatic carbocycles. The molecule has 0 radical (unpaired) electrons. The molecule has 0 heterocycles. The van der Waals surface area contributed by atoms with Crippen molar-refractivity contribution >= 4 is 0 Å². The van der Waals surface area contributed by atoms with Crippen molar-refractivity contribution in [3.05, 3.63) is 0 Å². The maximum absolute atomic E-state index is 6.21. The van der Waals surface area contributed by atoms with Gasteiger partial charge in [-0.3, -0.25) is 0 Å². The molecule has 0 aromatic rings. The van der Waals surface area contributed by atoms with Crippen LogP contribution >= 0.6 is 0 Å². The second kappa shape index (κ2) is 5.50. The van der Waals surface area contributed by atoms with E-state index in [1.807, 2.05) is 0 Å². The maximum Gasteiger partial charge on any atom is 0.0804 e. The van der Waals surface area contributed by atoms with Gasteiger partial charge in [0.1, 0.15) is 0 Å². The van der Waals surface area contributed by atoms with Crippen LogP contribution in [-0.4, -0.2) is 18.8 Å². The third-order valence-corrected chi connectivity index (χ3v) is 5.12. The van der Waals surface area contributed by atoms with Gasteiger partial charge < -0.3 is 10.5 Å². The van der Waals surface area contributed by atoms with Gasteiger partial charge in [-0.25, -0.2) is 0 Å². The van der Waals surface area contributed by atoms with Gasteiger partial charge in [0.25, 0.3) is 0 Å². The fraction of sp³-hybridized carbons (Fsp3) is 1.00. The van der Waals surface area contributed by atoms with E-state index >= 15 is 0 Å². The van der Waals surface area contributed by atoms with Crippen molar-refractivity contribution in [1.29, 1.82) is 0 Å². The van der Waals surface area contributed by atoms with Crippen molar-refractivity contribution in [3.63, 3.8) is 0 Å². The van der Waals surface area contributed by atoms with Crippen LogP contribution in [0.2, 0.25) is 0 Å². The number of ether oxygens (including phenoxy) is 1. The van der Waals surface area contributed by atoms with Crippen LogP contribution in [0.4, 0.5) is 0 Å². The Bertz CT molecular complexity index is 257. The van der Waals surface area contributed by atoms with Gasteiger partial charge in [0.2, 0.25) is 0 Å². The van der Waals surface area contributed by atoms with Crippen molar-refractivity contribution < 1.29 is 4.74 Å². The van der Waals surface area contributed by atoms with E-state index in [1.54, 1.807) is 0 Å². The van der Waals surface area contributed by atoms with Crippen molar-refractivity contribution in [2.45, 2.75) is 71.3 Å². The highest BCUT2D eigenvalue weighted by molar-refractivity contribution is 4.91. The summed E-state index contributed by atoms with van der Waals surface area (Å²) in [4.78, 5) is 0. The van der Waals surface area contributed by atoms with Gasteiger partial charge in [0.15, 0.2) is 0 Å². The monoisotopic (exact) mass is 253 g/mol. The molecule has 0 bridgehead atoms. The highest BCUT2D eigenvalue weighted by Crippen LogP contribution is 2.43. The zero-order valence-corrected chi connectivity index (χ0v) is 12.5. The van der Waals surface area contributed by atoms with Crippen LogP contribution in [0, 0.1) is 17.3 Å². The quantitative estimate of drug-likeness (QED) is 0.810. The molecular weight excluding hydrogens is 222 g/mol. The first-order chi connectivity index (χ1) is 8.45. The van der Waals surface area contributed by atoms with E-state index in [9.17, 15) is 0 Å². The van der Waals surface area contributed by atoms with E-state index in [1.165, 1.54) is 32.1 Å². The van der Waals surface area contributed by atoms with E-state index < -0.39 is 0 Å². The molecule has 2 saturated carbocycles. The summed E-state index contributed by atoms with van der Waals surface area (Å²) >= 11 is 0. The molecule has 0 spiro atoms. The summed E-state index contributed by atoms with van der Waals surface area (Å²) in [5.74, 6) is 1.80. The number of hydrogen-bond donors (Lipinski definition) is 1. The summed E-state index contributed by atoms with van der Waals surface area (Å²) < 4.78 is 6.21. The zero-order chi connectivity index (χ0) is 13.2. The minimum Gasteiger partial charge on any atom is -0.374 e. The molecule has 18 heavy (non-hydrogen) atoms. The standard InChI is InChI=1S/C16H31NO/c1-15(2,3)14-6-9-16(12-17,10-7-14)18-11-8-13-4-5-13/h13-14H,4-12,17H2,1-3H3. The van der Waals surface area contributed by atoms with Crippen molar-refractivity contribution in [2.75, 3.05) is 13.2 Å². The Labute approximate surface area is 113 Å². The lowest BCUT2D eigenvalue weighted by molar-refractivity contribution is -0.0813. The largest absolute Gasteiger partial charge is 0.374 e. The Hall–Kier alpha value is -0.0800. The molecule has 2 rings (SSSR count). The first kappa shape index (κ1) is 14.3. The van der Waals surface area contributed by atoms with Gasteiger partial charge in [-0.2, -0.15) is 0 Å². The molecule has 106 valence electrons. The highest BCUT2D eigenvalue weighted by atomic mass is 16.5. The van der Waals surface area contributed by atoms with Crippen molar-refractivity contribution in [1.82, 2.24) is 0 Å². The Kier molecular flexibility index (Phi) is 4.38. The topological polar surface area (TPSA) is 35.2 Å². The van der Waals surface area contributed by atoms with E-state index in [0.29, 0.717) is 12.0 Å². The summed E-state index contributed by atoms with van der Waals surface area (Å²) in [5.41, 5.74) is 6.45. The lowest BCUT2D eigenvalue weighted by atomic mass is 9.68. The first-order valence-electron chi connectivity index (χ1n) is 7.79. The van der Waals surface area contributed by atoms with E-state index in [-0.39, 0.29) is 5.60 Å². The molecule has 2 N–H and O–H groups in total. The number of hydrogen-bond acceptors (Lipinski definition) is 2. The fourth-order valence-corrected chi connectivity index (χ4v) is 3.27. The van der Waals surface area contributed by atoms with Crippen molar-refractivity contribution in [3.8, 4) is 0 Å². The van der Waals surface area contributed by atoms with Crippen LogP contribution in [0.25, 0.3) is 0 Å². The molecular formula is C16H31NO. The molecule has 2 heteroatoms. The van der Waals surface area contributed by atoms with Crippen LogP contribution < -0.4 is 5.73 Å². The summed E-state index contributed by atoms with van der Waals surface area (Å²) in [6.07, 6.45) is 8.99. The number of rotatable bonds is 5. The lowest BCUT2D eigenvalue weighted by Crippen LogP contribution is -2.45. The van der Waals surface area contributed by atoms with Crippen LogP contribution in [0.5, 0.6) is 0 Å². The summed E-state index contributed by atoms with van der Waals surface area (Å²) in [5, 5.41) is 0. The molecule has 2 nitrogen and oxygen atoms in total. The highest BCUT2D eigenvalue weighted by Gasteiger charge is 2.38. The van der Waals surface area contributed by atoms with Crippen LogP contribution in [-0.2, 0) is 4.74 Å². The van der Waals surface area contributed by atoms with Crippen LogP contribution in [0.15, 0.2) is 0 Å². The minimum atomic E-state index is 0.0106. The van der Waals surface area contributed by atoms with Gasteiger partial charge in [-0.05, 0) is 49.4 Å². The molecule has 0 amide bonds. The predicted octanol–water partition coefficient (Wildman–Crippen LogP) is 3.74. The Morgan fingerprint density at radius 2 is 1.72 bits per heavy atom. The second-order valence-electron chi connectivity index (χ2n) is 7.61. The van der Waals surface area contributed by atoms with E-state index in [4.69, 9.17) is 10.5 Å². The molecule has 2 aliphatic rings. The first-order valence-corrected chi connectivity index (χ1v) is 7.79. The van der Waals surface area contributed by atoms with Crippen LogP contribution in [0.3, 0.4) is 0 Å².